The molecule has 0 aliphatic heterocycles. The molecule has 37 heavy (non-hydrogen) atoms. The third kappa shape index (κ3) is 4.39. The lowest BCUT2D eigenvalue weighted by Gasteiger charge is -2.32. The number of sulfone groups is 1. The Morgan fingerprint density at radius 1 is 1.16 bits per heavy atom. The average Bonchev–Trinajstić information content (AvgIpc) is 3.27. The second kappa shape index (κ2) is 9.15. The Balaban J connectivity index is 1.33. The summed E-state index contributed by atoms with van der Waals surface area (Å²) in [6, 6.07) is 9.42. The zero-order chi connectivity index (χ0) is 26.4. The van der Waals surface area contributed by atoms with Crippen molar-refractivity contribution in [1.29, 1.82) is 0 Å². The Morgan fingerprint density at radius 2 is 1.92 bits per heavy atom. The highest BCUT2D eigenvalue weighted by atomic mass is 32.2. The predicted octanol–water partition coefficient (Wildman–Crippen LogP) is 3.33. The number of aromatic nitrogens is 4. The number of fused-ring (bicyclic) bond motifs is 2. The SMILES string of the molecule is CCS(=O)(=O)c1ccc(CC(=O)Nc2ccc3c(n2)CCC(C)(c2nccn4c(F)cnc24)C3=O)cc1. The highest BCUT2D eigenvalue weighted by Crippen LogP contribution is 2.38. The molecule has 0 spiro atoms. The maximum atomic E-state index is 14.0. The maximum absolute atomic E-state index is 14.0. The van der Waals surface area contributed by atoms with Crippen molar-refractivity contribution in [3.05, 3.63) is 83.5 Å². The van der Waals surface area contributed by atoms with Crippen LogP contribution in [-0.4, -0.2) is 45.2 Å². The first kappa shape index (κ1) is 24.7. The van der Waals surface area contributed by atoms with Crippen LogP contribution in [0.4, 0.5) is 10.2 Å². The van der Waals surface area contributed by atoms with Gasteiger partial charge in [-0.2, -0.15) is 4.39 Å². The molecule has 3 heterocycles. The number of amides is 1. The Morgan fingerprint density at radius 3 is 2.65 bits per heavy atom. The van der Waals surface area contributed by atoms with Crippen LogP contribution in [0.15, 0.2) is 59.9 Å². The van der Waals surface area contributed by atoms with Crippen molar-refractivity contribution < 1.29 is 22.4 Å². The quantitative estimate of drug-likeness (QED) is 0.413. The van der Waals surface area contributed by atoms with E-state index in [1.807, 2.05) is 0 Å². The van der Waals surface area contributed by atoms with Crippen LogP contribution in [0.25, 0.3) is 5.65 Å². The summed E-state index contributed by atoms with van der Waals surface area (Å²) in [5, 5.41) is 2.74. The Labute approximate surface area is 212 Å². The fourth-order valence-corrected chi connectivity index (χ4v) is 5.49. The topological polar surface area (TPSA) is 123 Å². The number of nitrogens with zero attached hydrogens (tertiary/aromatic N) is 4. The van der Waals surface area contributed by atoms with Gasteiger partial charge >= 0.3 is 0 Å². The summed E-state index contributed by atoms with van der Waals surface area (Å²) in [7, 11) is -3.30. The first-order chi connectivity index (χ1) is 17.6. The van der Waals surface area contributed by atoms with Gasteiger partial charge in [-0.25, -0.2) is 18.4 Å². The molecule has 1 amide bonds. The van der Waals surface area contributed by atoms with Gasteiger partial charge in [0.05, 0.1) is 40.1 Å². The van der Waals surface area contributed by atoms with Crippen LogP contribution in [0.5, 0.6) is 0 Å². The molecule has 0 bridgehead atoms. The van der Waals surface area contributed by atoms with Crippen LogP contribution < -0.4 is 5.32 Å². The Kier molecular flexibility index (Phi) is 6.10. The van der Waals surface area contributed by atoms with E-state index in [0.29, 0.717) is 46.8 Å². The summed E-state index contributed by atoms with van der Waals surface area (Å²) < 4.78 is 39.2. The molecule has 0 saturated heterocycles. The predicted molar refractivity (Wildman–Crippen MR) is 134 cm³/mol. The van der Waals surface area contributed by atoms with Crippen molar-refractivity contribution in [2.24, 2.45) is 0 Å². The standard InChI is InChI=1S/C26H24FN5O4S/c1-3-37(35,36)17-6-4-16(5-7-17)14-22(33)31-21-9-8-18-19(30-21)10-11-26(2,24(18)34)23-25-29-15-20(27)32(25)13-12-28-23/h4-9,12-13,15H,3,10-11,14H2,1-2H3,(H,30,31,33). The first-order valence-electron chi connectivity index (χ1n) is 11.8. The van der Waals surface area contributed by atoms with E-state index in [1.54, 1.807) is 38.1 Å². The first-order valence-corrected chi connectivity index (χ1v) is 13.4. The number of Topliss-reactive ketones (excluding diaryl/α,β-unsaturated/α-hetero) is 1. The van der Waals surface area contributed by atoms with Gasteiger partial charge in [-0.15, -0.1) is 0 Å². The van der Waals surface area contributed by atoms with Crippen LogP contribution in [0.3, 0.4) is 0 Å². The number of pyridine rings is 1. The van der Waals surface area contributed by atoms with Crippen molar-refractivity contribution in [2.45, 2.75) is 43.4 Å². The van der Waals surface area contributed by atoms with Crippen molar-refractivity contribution in [3.8, 4) is 0 Å². The number of ketones is 1. The zero-order valence-electron chi connectivity index (χ0n) is 20.2. The van der Waals surface area contributed by atoms with Crippen LogP contribution in [0.2, 0.25) is 0 Å². The molecule has 0 saturated carbocycles. The highest BCUT2D eigenvalue weighted by Gasteiger charge is 2.43. The van der Waals surface area contributed by atoms with Crippen LogP contribution >= 0.6 is 0 Å². The fourth-order valence-electron chi connectivity index (χ4n) is 4.61. The molecule has 1 aromatic carbocycles. The van der Waals surface area contributed by atoms with Gasteiger partial charge in [0.2, 0.25) is 11.9 Å². The average molecular weight is 522 g/mol. The number of carbonyl (C=O) groups excluding carboxylic acids is 2. The van der Waals surface area contributed by atoms with Gasteiger partial charge in [-0.3, -0.25) is 19.0 Å². The van der Waals surface area contributed by atoms with Gasteiger partial charge in [0.1, 0.15) is 5.82 Å². The van der Waals surface area contributed by atoms with E-state index in [9.17, 15) is 22.4 Å². The molecule has 5 rings (SSSR count). The molecule has 1 atom stereocenters. The van der Waals surface area contributed by atoms with E-state index in [2.05, 4.69) is 20.3 Å². The molecule has 0 radical (unpaired) electrons. The maximum Gasteiger partial charge on any atom is 0.229 e. The normalized spacial score (nSPS) is 17.5. The molecular weight excluding hydrogens is 497 g/mol. The van der Waals surface area contributed by atoms with Gasteiger partial charge in [-0.05, 0) is 49.6 Å². The van der Waals surface area contributed by atoms with Crippen molar-refractivity contribution in [1.82, 2.24) is 19.4 Å². The van der Waals surface area contributed by atoms with E-state index in [4.69, 9.17) is 0 Å². The Hall–Kier alpha value is -3.99. The number of halogens is 1. The zero-order valence-corrected chi connectivity index (χ0v) is 21.0. The van der Waals surface area contributed by atoms with Crippen LogP contribution in [0, 0.1) is 5.95 Å². The van der Waals surface area contributed by atoms with E-state index < -0.39 is 21.2 Å². The van der Waals surface area contributed by atoms with Crippen LogP contribution in [0.1, 0.15) is 47.6 Å². The number of rotatable bonds is 6. The lowest BCUT2D eigenvalue weighted by atomic mass is 9.71. The lowest BCUT2D eigenvalue weighted by molar-refractivity contribution is -0.115. The van der Waals surface area contributed by atoms with Crippen molar-refractivity contribution >= 4 is 33.0 Å². The summed E-state index contributed by atoms with van der Waals surface area (Å²) in [6.07, 6.45) is 4.91. The van der Waals surface area contributed by atoms with E-state index >= 15 is 0 Å². The second-order valence-electron chi connectivity index (χ2n) is 9.17. The minimum Gasteiger partial charge on any atom is -0.310 e. The number of imidazole rings is 1. The molecule has 0 fully saturated rings. The molecule has 1 unspecified atom stereocenters. The molecule has 1 aliphatic carbocycles. The molecule has 4 aromatic rings. The molecule has 11 heteroatoms. The van der Waals surface area contributed by atoms with E-state index in [0.717, 1.165) is 6.20 Å². The third-order valence-corrected chi connectivity index (χ3v) is 8.53. The van der Waals surface area contributed by atoms with Gasteiger partial charge in [0.15, 0.2) is 21.3 Å². The fraction of sp³-hybridized carbons (Fsp3) is 0.269. The molecule has 190 valence electrons. The summed E-state index contributed by atoms with van der Waals surface area (Å²) in [6.45, 7) is 3.36. The second-order valence-corrected chi connectivity index (χ2v) is 11.5. The third-order valence-electron chi connectivity index (χ3n) is 6.78. The molecular formula is C26H24FN5O4S. The van der Waals surface area contributed by atoms with Gasteiger partial charge in [-0.1, -0.05) is 19.1 Å². The van der Waals surface area contributed by atoms with Gasteiger partial charge in [0, 0.05) is 18.0 Å². The van der Waals surface area contributed by atoms with Gasteiger partial charge in [0.25, 0.3) is 0 Å². The molecule has 1 aliphatic rings. The van der Waals surface area contributed by atoms with Crippen molar-refractivity contribution in [2.75, 3.05) is 11.1 Å². The number of anilines is 1. The largest absolute Gasteiger partial charge is 0.310 e. The minimum absolute atomic E-state index is 0.00655. The van der Waals surface area contributed by atoms with Crippen LogP contribution in [-0.2, 0) is 32.9 Å². The number of hydrogen-bond acceptors (Lipinski definition) is 7. The Bertz CT molecular complexity index is 1650. The summed E-state index contributed by atoms with van der Waals surface area (Å²) in [5.74, 6) is -0.712. The smallest absolute Gasteiger partial charge is 0.229 e. The molecule has 1 N–H and O–H groups in total. The number of benzene rings is 1. The minimum atomic E-state index is -3.30. The number of nitrogens with one attached hydrogen (secondary N) is 1. The summed E-state index contributed by atoms with van der Waals surface area (Å²) in [4.78, 5) is 39.3. The summed E-state index contributed by atoms with van der Waals surface area (Å²) >= 11 is 0. The van der Waals surface area contributed by atoms with E-state index in [-0.39, 0.29) is 28.8 Å². The molecule has 9 nitrogen and oxygen atoms in total. The summed E-state index contributed by atoms with van der Waals surface area (Å²) in [5.41, 5.74) is 1.36. The number of carbonyl (C=O) groups is 2. The van der Waals surface area contributed by atoms with Gasteiger partial charge < -0.3 is 5.32 Å². The number of aryl methyl sites for hydroxylation is 1. The number of hydrogen-bond donors (Lipinski definition) is 1. The monoisotopic (exact) mass is 521 g/mol. The highest BCUT2D eigenvalue weighted by molar-refractivity contribution is 7.91. The molecule has 3 aromatic heterocycles. The van der Waals surface area contributed by atoms with E-state index in [1.165, 1.54) is 28.9 Å². The van der Waals surface area contributed by atoms with Crippen molar-refractivity contribution in [3.63, 3.8) is 0 Å². The lowest BCUT2D eigenvalue weighted by Crippen LogP contribution is -2.39.